The Morgan fingerprint density at radius 2 is 2.14 bits per heavy atom. The SMILES string of the molecule is CCn1c2c(c3cc(C(=O)O)ccc31)CCCN(C)C2=O. The third kappa shape index (κ3) is 2.00. The highest BCUT2D eigenvalue weighted by molar-refractivity contribution is 6.03. The molecule has 5 heteroatoms. The van der Waals surface area contributed by atoms with Crippen LogP contribution in [0.3, 0.4) is 0 Å². The number of carbonyl (C=O) groups is 2. The number of rotatable bonds is 2. The first kappa shape index (κ1) is 13.7. The molecule has 0 unspecified atom stereocenters. The van der Waals surface area contributed by atoms with Crippen molar-refractivity contribution in [2.24, 2.45) is 0 Å². The Bertz CT molecular complexity index is 746. The fourth-order valence-corrected chi connectivity index (χ4v) is 3.16. The lowest BCUT2D eigenvalue weighted by molar-refractivity contribution is 0.0696. The minimum Gasteiger partial charge on any atom is -0.478 e. The summed E-state index contributed by atoms with van der Waals surface area (Å²) in [7, 11) is 1.82. The van der Waals surface area contributed by atoms with Crippen LogP contribution in [0, 0.1) is 0 Å². The summed E-state index contributed by atoms with van der Waals surface area (Å²) in [5.41, 5.74) is 2.92. The van der Waals surface area contributed by atoms with Crippen LogP contribution in [0.4, 0.5) is 0 Å². The van der Waals surface area contributed by atoms with Gasteiger partial charge in [-0.2, -0.15) is 0 Å². The summed E-state index contributed by atoms with van der Waals surface area (Å²) in [6.07, 6.45) is 1.70. The molecule has 1 amide bonds. The Hall–Kier alpha value is -2.30. The molecule has 1 aromatic carbocycles. The van der Waals surface area contributed by atoms with E-state index in [1.165, 1.54) is 0 Å². The molecule has 1 N–H and O–H groups in total. The second-order valence-electron chi connectivity index (χ2n) is 5.44. The summed E-state index contributed by atoms with van der Waals surface area (Å²) in [5.74, 6) is -0.913. The first-order chi connectivity index (χ1) is 10.0. The number of carbonyl (C=O) groups excluding carboxylic acids is 1. The summed E-state index contributed by atoms with van der Waals surface area (Å²) in [5, 5.41) is 10.1. The van der Waals surface area contributed by atoms with E-state index in [9.17, 15) is 14.7 Å². The Kier molecular flexibility index (Phi) is 3.20. The molecule has 1 aromatic heterocycles. The molecule has 0 saturated carbocycles. The van der Waals surface area contributed by atoms with Crippen LogP contribution in [0.15, 0.2) is 18.2 Å². The molecule has 2 aromatic rings. The standard InChI is InChI=1S/C16H18N2O3/c1-3-18-13-7-6-10(16(20)21)9-12(13)11-5-4-8-17(2)15(19)14(11)18/h6-7,9H,3-5,8H2,1-2H3,(H,20,21). The Balaban J connectivity index is 2.34. The molecule has 1 aliphatic heterocycles. The highest BCUT2D eigenvalue weighted by Crippen LogP contribution is 2.31. The molecule has 2 heterocycles. The topological polar surface area (TPSA) is 62.5 Å². The molecule has 0 bridgehead atoms. The van der Waals surface area contributed by atoms with Gasteiger partial charge in [0.15, 0.2) is 0 Å². The van der Waals surface area contributed by atoms with Gasteiger partial charge < -0.3 is 14.6 Å². The van der Waals surface area contributed by atoms with Crippen molar-refractivity contribution in [3.63, 3.8) is 0 Å². The highest BCUT2D eigenvalue weighted by Gasteiger charge is 2.27. The molecule has 110 valence electrons. The Labute approximate surface area is 122 Å². The maximum Gasteiger partial charge on any atom is 0.335 e. The minimum atomic E-state index is -0.938. The van der Waals surface area contributed by atoms with Crippen LogP contribution in [-0.4, -0.2) is 40.0 Å². The zero-order valence-electron chi connectivity index (χ0n) is 12.2. The molecular formula is C16H18N2O3. The van der Waals surface area contributed by atoms with E-state index < -0.39 is 5.97 Å². The van der Waals surface area contributed by atoms with E-state index in [1.54, 1.807) is 17.0 Å². The number of carboxylic acid groups (broad SMARTS) is 1. The van der Waals surface area contributed by atoms with Gasteiger partial charge in [0.2, 0.25) is 0 Å². The number of carboxylic acids is 1. The van der Waals surface area contributed by atoms with Gasteiger partial charge in [0.1, 0.15) is 5.69 Å². The fraction of sp³-hybridized carbons (Fsp3) is 0.375. The normalized spacial score (nSPS) is 15.1. The van der Waals surface area contributed by atoms with Gasteiger partial charge in [0.25, 0.3) is 5.91 Å². The summed E-state index contributed by atoms with van der Waals surface area (Å²) < 4.78 is 2.00. The molecule has 0 saturated heterocycles. The van der Waals surface area contributed by atoms with Crippen molar-refractivity contribution in [3.8, 4) is 0 Å². The second kappa shape index (κ2) is 4.91. The zero-order valence-corrected chi connectivity index (χ0v) is 12.2. The van der Waals surface area contributed by atoms with E-state index in [4.69, 9.17) is 0 Å². The van der Waals surface area contributed by atoms with E-state index in [-0.39, 0.29) is 11.5 Å². The van der Waals surface area contributed by atoms with E-state index >= 15 is 0 Å². The van der Waals surface area contributed by atoms with Crippen LogP contribution >= 0.6 is 0 Å². The molecule has 0 fully saturated rings. The van der Waals surface area contributed by atoms with Crippen LogP contribution < -0.4 is 0 Å². The zero-order chi connectivity index (χ0) is 15.1. The second-order valence-corrected chi connectivity index (χ2v) is 5.44. The number of hydrogen-bond donors (Lipinski definition) is 1. The van der Waals surface area contributed by atoms with Crippen molar-refractivity contribution < 1.29 is 14.7 Å². The summed E-state index contributed by atoms with van der Waals surface area (Å²) in [4.78, 5) is 25.5. The predicted octanol–water partition coefficient (Wildman–Crippen LogP) is 2.38. The quantitative estimate of drug-likeness (QED) is 0.922. The Morgan fingerprint density at radius 1 is 1.38 bits per heavy atom. The van der Waals surface area contributed by atoms with Crippen molar-refractivity contribution in [1.82, 2.24) is 9.47 Å². The molecular weight excluding hydrogens is 268 g/mol. The first-order valence-electron chi connectivity index (χ1n) is 7.18. The number of fused-ring (bicyclic) bond motifs is 3. The van der Waals surface area contributed by atoms with Crippen molar-refractivity contribution in [2.75, 3.05) is 13.6 Å². The largest absolute Gasteiger partial charge is 0.478 e. The average Bonchev–Trinajstić information content (AvgIpc) is 2.71. The van der Waals surface area contributed by atoms with Gasteiger partial charge in [-0.15, -0.1) is 0 Å². The number of aryl methyl sites for hydroxylation is 2. The molecule has 21 heavy (non-hydrogen) atoms. The van der Waals surface area contributed by atoms with Gasteiger partial charge in [-0.1, -0.05) is 0 Å². The molecule has 0 spiro atoms. The van der Waals surface area contributed by atoms with Crippen molar-refractivity contribution in [1.29, 1.82) is 0 Å². The molecule has 1 aliphatic rings. The van der Waals surface area contributed by atoms with Crippen LogP contribution in [0.2, 0.25) is 0 Å². The Morgan fingerprint density at radius 3 is 2.81 bits per heavy atom. The number of benzene rings is 1. The summed E-state index contributed by atoms with van der Waals surface area (Å²) >= 11 is 0. The van der Waals surface area contributed by atoms with Gasteiger partial charge in [0, 0.05) is 31.0 Å². The molecule has 0 radical (unpaired) electrons. The lowest BCUT2D eigenvalue weighted by atomic mass is 10.0. The van der Waals surface area contributed by atoms with E-state index in [1.807, 2.05) is 24.6 Å². The molecule has 0 atom stereocenters. The first-order valence-corrected chi connectivity index (χ1v) is 7.18. The summed E-state index contributed by atoms with van der Waals surface area (Å²) in [6, 6.07) is 5.11. The van der Waals surface area contributed by atoms with Gasteiger partial charge >= 0.3 is 5.97 Å². The van der Waals surface area contributed by atoms with Crippen molar-refractivity contribution in [3.05, 3.63) is 35.0 Å². The highest BCUT2D eigenvalue weighted by atomic mass is 16.4. The molecule has 5 nitrogen and oxygen atoms in total. The monoisotopic (exact) mass is 286 g/mol. The summed E-state index contributed by atoms with van der Waals surface area (Å²) in [6.45, 7) is 3.43. The maximum absolute atomic E-state index is 12.6. The van der Waals surface area contributed by atoms with Crippen LogP contribution in [0.25, 0.3) is 10.9 Å². The van der Waals surface area contributed by atoms with Crippen LogP contribution in [-0.2, 0) is 13.0 Å². The molecule has 0 aliphatic carbocycles. The van der Waals surface area contributed by atoms with Crippen molar-refractivity contribution in [2.45, 2.75) is 26.3 Å². The minimum absolute atomic E-state index is 0.0254. The van der Waals surface area contributed by atoms with Gasteiger partial charge in [-0.05, 0) is 43.5 Å². The smallest absolute Gasteiger partial charge is 0.335 e. The van der Waals surface area contributed by atoms with Crippen molar-refractivity contribution >= 4 is 22.8 Å². The number of aromatic nitrogens is 1. The lowest BCUT2D eigenvalue weighted by Gasteiger charge is -2.15. The lowest BCUT2D eigenvalue weighted by Crippen LogP contribution is -2.28. The maximum atomic E-state index is 12.6. The van der Waals surface area contributed by atoms with Gasteiger partial charge in [0.05, 0.1) is 5.56 Å². The number of hydrogen-bond acceptors (Lipinski definition) is 2. The van der Waals surface area contributed by atoms with Gasteiger partial charge in [-0.3, -0.25) is 4.79 Å². The molecule has 3 rings (SSSR count). The third-order valence-corrected chi connectivity index (χ3v) is 4.20. The predicted molar refractivity (Wildman–Crippen MR) is 79.9 cm³/mol. The van der Waals surface area contributed by atoms with Crippen LogP contribution in [0.1, 0.15) is 39.8 Å². The third-order valence-electron chi connectivity index (χ3n) is 4.20. The van der Waals surface area contributed by atoms with Crippen LogP contribution in [0.5, 0.6) is 0 Å². The average molecular weight is 286 g/mol. The van der Waals surface area contributed by atoms with E-state index in [2.05, 4.69) is 0 Å². The fourth-order valence-electron chi connectivity index (χ4n) is 3.16. The number of amides is 1. The van der Waals surface area contributed by atoms with E-state index in [0.717, 1.165) is 41.5 Å². The van der Waals surface area contributed by atoms with E-state index in [0.29, 0.717) is 6.54 Å². The van der Waals surface area contributed by atoms with Gasteiger partial charge in [-0.25, -0.2) is 4.79 Å². The number of aromatic carboxylic acids is 1. The number of nitrogens with zero attached hydrogens (tertiary/aromatic N) is 2.